The molecular formula is C35H28ClN3O6S2. The number of amides is 1. The Morgan fingerprint density at radius 1 is 0.979 bits per heavy atom. The second-order valence-corrected chi connectivity index (χ2v) is 13.2. The summed E-state index contributed by atoms with van der Waals surface area (Å²) in [6.07, 6.45) is 0. The summed E-state index contributed by atoms with van der Waals surface area (Å²) in [6.45, 7) is 2.38. The lowest BCUT2D eigenvalue weighted by Crippen LogP contribution is -2.29. The van der Waals surface area contributed by atoms with E-state index in [1.807, 2.05) is 49.4 Å². The number of hydrogen-bond donors (Lipinski definition) is 2. The Hall–Kier alpha value is -4.84. The lowest BCUT2D eigenvalue weighted by Gasteiger charge is -2.23. The number of hydrogen-bond acceptors (Lipinski definition) is 10. The number of aliphatic hydroxyl groups excluding tert-OH is 1. The van der Waals surface area contributed by atoms with Gasteiger partial charge in [0, 0.05) is 16.3 Å². The van der Waals surface area contributed by atoms with Crippen molar-refractivity contribution in [2.45, 2.75) is 29.7 Å². The maximum atomic E-state index is 13.6. The number of ether oxygens (including phenoxy) is 2. The number of Topliss-reactive ketones (excluding diaryl/α,β-unsaturated/α-hetero) is 1. The molecule has 1 atom stereocenters. The number of carbonyl (C=O) groups excluding carboxylic acids is 2. The standard InChI is InChI=1S/C35H28ClN3O6S2/c1-20-7-3-4-8-23(20)18-45-25-14-11-21(12-15-25)31(41)29-30(22-13-16-27(40)28(17-22)44-2)39(33(43)32(29)42)34-37-38-35(47-34)46-19-24-9-5-6-10-26(24)36/h3-17,30,40-41H,18-19H2,1-2H3. The van der Waals surface area contributed by atoms with E-state index in [0.717, 1.165) is 28.0 Å². The Morgan fingerprint density at radius 3 is 2.43 bits per heavy atom. The summed E-state index contributed by atoms with van der Waals surface area (Å²) in [5, 5.41) is 31.1. The first-order valence-electron chi connectivity index (χ1n) is 14.4. The second-order valence-electron chi connectivity index (χ2n) is 10.6. The molecule has 0 saturated carbocycles. The Labute approximate surface area is 284 Å². The zero-order valence-electron chi connectivity index (χ0n) is 25.2. The van der Waals surface area contributed by atoms with Gasteiger partial charge in [0.15, 0.2) is 15.8 Å². The highest BCUT2D eigenvalue weighted by Crippen LogP contribution is 2.45. The first kappa shape index (κ1) is 32.1. The number of aromatic hydroxyl groups is 1. The number of ketones is 1. The third-order valence-electron chi connectivity index (χ3n) is 7.66. The number of benzene rings is 4. The minimum Gasteiger partial charge on any atom is -0.507 e. The molecule has 1 unspecified atom stereocenters. The Morgan fingerprint density at radius 2 is 1.70 bits per heavy atom. The highest BCUT2D eigenvalue weighted by atomic mass is 35.5. The van der Waals surface area contributed by atoms with Crippen molar-refractivity contribution in [3.8, 4) is 17.2 Å². The minimum absolute atomic E-state index is 0.122. The quantitative estimate of drug-likeness (QED) is 0.0500. The molecule has 1 aliphatic rings. The number of thioether (sulfide) groups is 1. The van der Waals surface area contributed by atoms with Gasteiger partial charge in [-0.2, -0.15) is 0 Å². The van der Waals surface area contributed by atoms with Crippen LogP contribution in [-0.2, 0) is 21.9 Å². The maximum Gasteiger partial charge on any atom is 0.301 e. The zero-order chi connectivity index (χ0) is 33.1. The number of phenols is 1. The van der Waals surface area contributed by atoms with E-state index in [4.69, 9.17) is 21.1 Å². The number of nitrogens with zero attached hydrogens (tertiary/aromatic N) is 3. The molecule has 5 aromatic rings. The third-order valence-corrected chi connectivity index (χ3v) is 10.1. The summed E-state index contributed by atoms with van der Waals surface area (Å²) >= 11 is 8.84. The molecule has 12 heteroatoms. The fourth-order valence-electron chi connectivity index (χ4n) is 5.12. The number of rotatable bonds is 10. The summed E-state index contributed by atoms with van der Waals surface area (Å²) in [4.78, 5) is 28.5. The van der Waals surface area contributed by atoms with Crippen molar-refractivity contribution in [1.29, 1.82) is 0 Å². The summed E-state index contributed by atoms with van der Waals surface area (Å²) < 4.78 is 11.8. The molecule has 0 aliphatic carbocycles. The van der Waals surface area contributed by atoms with Crippen molar-refractivity contribution in [3.63, 3.8) is 0 Å². The van der Waals surface area contributed by atoms with Gasteiger partial charge in [0.25, 0.3) is 5.78 Å². The number of aromatic nitrogens is 2. The van der Waals surface area contributed by atoms with Gasteiger partial charge in [-0.3, -0.25) is 14.5 Å². The highest BCUT2D eigenvalue weighted by molar-refractivity contribution is 8.00. The van der Waals surface area contributed by atoms with Crippen molar-refractivity contribution in [3.05, 3.63) is 129 Å². The van der Waals surface area contributed by atoms with Gasteiger partial charge in [-0.05, 0) is 71.6 Å². The molecule has 0 bridgehead atoms. The molecule has 238 valence electrons. The van der Waals surface area contributed by atoms with E-state index in [0.29, 0.717) is 38.6 Å². The van der Waals surface area contributed by atoms with Crippen LogP contribution in [0.4, 0.5) is 5.13 Å². The van der Waals surface area contributed by atoms with Crippen molar-refractivity contribution >= 4 is 57.3 Å². The number of aliphatic hydroxyl groups is 1. The van der Waals surface area contributed by atoms with Crippen LogP contribution in [0.15, 0.2) is 101 Å². The SMILES string of the molecule is COc1cc(C2C(=C(O)c3ccc(OCc4ccccc4C)cc3)C(=O)C(=O)N2c2nnc(SCc3ccccc3Cl)s2)ccc1O. The largest absolute Gasteiger partial charge is 0.507 e. The maximum absolute atomic E-state index is 13.6. The van der Waals surface area contributed by atoms with Crippen LogP contribution in [0.3, 0.4) is 0 Å². The first-order valence-corrected chi connectivity index (χ1v) is 16.6. The molecule has 2 N–H and O–H groups in total. The third kappa shape index (κ3) is 6.69. The van der Waals surface area contributed by atoms with Crippen LogP contribution in [-0.4, -0.2) is 39.2 Å². The zero-order valence-corrected chi connectivity index (χ0v) is 27.6. The summed E-state index contributed by atoms with van der Waals surface area (Å²) in [5.41, 5.74) is 3.66. The predicted molar refractivity (Wildman–Crippen MR) is 182 cm³/mol. The molecule has 6 rings (SSSR count). The number of anilines is 1. The van der Waals surface area contributed by atoms with Gasteiger partial charge in [0.05, 0.1) is 18.7 Å². The predicted octanol–water partition coefficient (Wildman–Crippen LogP) is 7.71. The first-order chi connectivity index (χ1) is 22.7. The Kier molecular flexibility index (Phi) is 9.48. The summed E-state index contributed by atoms with van der Waals surface area (Å²) in [7, 11) is 1.39. The van der Waals surface area contributed by atoms with Crippen molar-refractivity contribution < 1.29 is 29.3 Å². The van der Waals surface area contributed by atoms with E-state index in [2.05, 4.69) is 10.2 Å². The molecule has 2 heterocycles. The second kappa shape index (κ2) is 13.9. The minimum atomic E-state index is -1.09. The molecule has 47 heavy (non-hydrogen) atoms. The number of phenolic OH excluding ortho intramolecular Hbond substituents is 1. The average Bonchev–Trinajstić information content (AvgIpc) is 3.65. The molecule has 0 spiro atoms. The fourth-order valence-corrected chi connectivity index (χ4v) is 7.27. The van der Waals surface area contributed by atoms with Gasteiger partial charge in [0.2, 0.25) is 5.13 Å². The molecule has 9 nitrogen and oxygen atoms in total. The van der Waals surface area contributed by atoms with Crippen molar-refractivity contribution in [2.24, 2.45) is 0 Å². The van der Waals surface area contributed by atoms with Crippen LogP contribution in [0.5, 0.6) is 17.2 Å². The van der Waals surface area contributed by atoms with E-state index in [-0.39, 0.29) is 28.0 Å². The fraction of sp³-hybridized carbons (Fsp3) is 0.143. The van der Waals surface area contributed by atoms with Gasteiger partial charge in [-0.1, -0.05) is 83.2 Å². The van der Waals surface area contributed by atoms with Gasteiger partial charge in [-0.25, -0.2) is 0 Å². The average molecular weight is 686 g/mol. The number of halogens is 1. The van der Waals surface area contributed by atoms with E-state index >= 15 is 0 Å². The van der Waals surface area contributed by atoms with E-state index in [1.165, 1.54) is 35.9 Å². The van der Waals surface area contributed by atoms with Gasteiger partial charge in [-0.15, -0.1) is 10.2 Å². The monoisotopic (exact) mass is 685 g/mol. The van der Waals surface area contributed by atoms with E-state index < -0.39 is 17.7 Å². The summed E-state index contributed by atoms with van der Waals surface area (Å²) in [6, 6.07) is 25.4. The molecule has 1 aliphatic heterocycles. The lowest BCUT2D eigenvalue weighted by atomic mass is 9.95. The van der Waals surface area contributed by atoms with Crippen LogP contribution < -0.4 is 14.4 Å². The number of methoxy groups -OCH3 is 1. The van der Waals surface area contributed by atoms with Crippen LogP contribution in [0.25, 0.3) is 5.76 Å². The molecule has 1 amide bonds. The van der Waals surface area contributed by atoms with Crippen LogP contribution >= 0.6 is 34.7 Å². The van der Waals surface area contributed by atoms with Crippen molar-refractivity contribution in [2.75, 3.05) is 12.0 Å². The molecule has 1 aromatic heterocycles. The molecule has 1 saturated heterocycles. The molecule has 4 aromatic carbocycles. The van der Waals surface area contributed by atoms with Crippen molar-refractivity contribution in [1.82, 2.24) is 10.2 Å². The Balaban J connectivity index is 1.33. The topological polar surface area (TPSA) is 122 Å². The van der Waals surface area contributed by atoms with Gasteiger partial charge < -0.3 is 19.7 Å². The van der Waals surface area contributed by atoms with Crippen LogP contribution in [0.1, 0.15) is 33.9 Å². The van der Waals surface area contributed by atoms with Gasteiger partial charge in [0.1, 0.15) is 18.1 Å². The van der Waals surface area contributed by atoms with E-state index in [9.17, 15) is 19.8 Å². The highest BCUT2D eigenvalue weighted by Gasteiger charge is 2.48. The Bertz CT molecular complexity index is 2000. The van der Waals surface area contributed by atoms with Gasteiger partial charge >= 0.3 is 5.91 Å². The van der Waals surface area contributed by atoms with E-state index in [1.54, 1.807) is 36.4 Å². The van der Waals surface area contributed by atoms with Crippen LogP contribution in [0.2, 0.25) is 5.02 Å². The summed E-state index contributed by atoms with van der Waals surface area (Å²) in [5.74, 6) is -1.02. The molecular weight excluding hydrogens is 658 g/mol. The molecule has 1 fully saturated rings. The normalized spacial score (nSPS) is 15.6. The number of carbonyl (C=O) groups is 2. The smallest absolute Gasteiger partial charge is 0.301 e. The number of aryl methyl sites for hydroxylation is 1. The lowest BCUT2D eigenvalue weighted by molar-refractivity contribution is -0.132. The molecule has 0 radical (unpaired) electrons. The van der Waals surface area contributed by atoms with Crippen LogP contribution in [0, 0.1) is 6.92 Å².